The van der Waals surface area contributed by atoms with Crippen LogP contribution in [-0.2, 0) is 9.84 Å². The molecule has 1 N–H and O–H groups in total. The van der Waals surface area contributed by atoms with Crippen molar-refractivity contribution >= 4 is 25.8 Å². The van der Waals surface area contributed by atoms with E-state index < -0.39 is 15.9 Å². The van der Waals surface area contributed by atoms with Gasteiger partial charge < -0.3 is 10.0 Å². The van der Waals surface area contributed by atoms with Gasteiger partial charge in [0.05, 0.1) is 17.6 Å². The number of rotatable bonds is 4. The van der Waals surface area contributed by atoms with Crippen LogP contribution in [0.3, 0.4) is 0 Å². The highest BCUT2D eigenvalue weighted by Gasteiger charge is 2.20. The van der Waals surface area contributed by atoms with Gasteiger partial charge in [0.1, 0.15) is 0 Å². The molecule has 4 nitrogen and oxygen atoms in total. The number of nitrogens with zero attached hydrogens (tertiary/aromatic N) is 1. The molecule has 1 aliphatic heterocycles. The number of benzene rings is 1. The summed E-state index contributed by atoms with van der Waals surface area (Å²) < 4.78 is 24.0. The van der Waals surface area contributed by atoms with E-state index in [-0.39, 0.29) is 11.5 Å². The third-order valence-electron chi connectivity index (χ3n) is 3.63. The van der Waals surface area contributed by atoms with Gasteiger partial charge in [-0.05, 0) is 31.0 Å². The number of sulfone groups is 1. The fourth-order valence-corrected chi connectivity index (χ4v) is 4.28. The first-order chi connectivity index (χ1) is 9.48. The highest BCUT2D eigenvalue weighted by Crippen LogP contribution is 2.25. The van der Waals surface area contributed by atoms with Crippen LogP contribution in [0, 0.1) is 0 Å². The lowest BCUT2D eigenvalue weighted by molar-refractivity contribution is 0.144. The Balaban J connectivity index is 1.87. The van der Waals surface area contributed by atoms with E-state index in [0.717, 1.165) is 23.1 Å². The first-order valence-electron chi connectivity index (χ1n) is 6.83. The van der Waals surface area contributed by atoms with Gasteiger partial charge in [0, 0.05) is 17.6 Å². The second-order valence-electron chi connectivity index (χ2n) is 5.17. The van der Waals surface area contributed by atoms with Gasteiger partial charge >= 0.3 is 0 Å². The highest BCUT2D eigenvalue weighted by atomic mass is 79.9. The summed E-state index contributed by atoms with van der Waals surface area (Å²) in [6.45, 7) is 2.09. The Morgan fingerprint density at radius 3 is 2.75 bits per heavy atom. The monoisotopic (exact) mass is 361 g/mol. The van der Waals surface area contributed by atoms with Crippen molar-refractivity contribution in [2.24, 2.45) is 0 Å². The largest absolute Gasteiger partial charge is 0.388 e. The molecule has 20 heavy (non-hydrogen) atoms. The van der Waals surface area contributed by atoms with Crippen molar-refractivity contribution < 1.29 is 13.5 Å². The Hall–Kier alpha value is -0.430. The number of halogens is 1. The molecular formula is C14H20BrNO3S. The van der Waals surface area contributed by atoms with Crippen LogP contribution in [0.5, 0.6) is 0 Å². The van der Waals surface area contributed by atoms with Crippen LogP contribution in [-0.4, -0.2) is 49.6 Å². The first kappa shape index (κ1) is 15.9. The van der Waals surface area contributed by atoms with E-state index in [9.17, 15) is 13.5 Å². The molecule has 0 amide bonds. The van der Waals surface area contributed by atoms with Crippen molar-refractivity contribution in [1.82, 2.24) is 4.90 Å². The Bertz CT molecular complexity index is 547. The van der Waals surface area contributed by atoms with E-state index in [1.54, 1.807) is 0 Å². The van der Waals surface area contributed by atoms with E-state index in [0.29, 0.717) is 19.4 Å². The summed E-state index contributed by atoms with van der Waals surface area (Å²) in [5, 5.41) is 10.2. The van der Waals surface area contributed by atoms with Gasteiger partial charge in [-0.3, -0.25) is 0 Å². The highest BCUT2D eigenvalue weighted by molar-refractivity contribution is 9.10. The van der Waals surface area contributed by atoms with E-state index in [1.807, 2.05) is 24.3 Å². The maximum absolute atomic E-state index is 11.5. The average molecular weight is 362 g/mol. The summed E-state index contributed by atoms with van der Waals surface area (Å²) >= 11 is 3.44. The molecule has 112 valence electrons. The molecule has 2 rings (SSSR count). The molecule has 1 saturated heterocycles. The fraction of sp³-hybridized carbons (Fsp3) is 0.571. The standard InChI is InChI=1S/C14H20BrNO3S/c15-13-5-2-1-4-12(13)14(17)6-8-16-7-3-10-20(18,19)11-9-16/h1-2,4-5,14,17H,3,6-11H2. The summed E-state index contributed by atoms with van der Waals surface area (Å²) in [4.78, 5) is 2.13. The lowest BCUT2D eigenvalue weighted by atomic mass is 10.1. The van der Waals surface area contributed by atoms with Gasteiger partial charge in [0.25, 0.3) is 0 Å². The minimum Gasteiger partial charge on any atom is -0.388 e. The van der Waals surface area contributed by atoms with Gasteiger partial charge in [0.15, 0.2) is 9.84 Å². The van der Waals surface area contributed by atoms with Gasteiger partial charge in [0.2, 0.25) is 0 Å². The molecule has 1 unspecified atom stereocenters. The van der Waals surface area contributed by atoms with Crippen LogP contribution < -0.4 is 0 Å². The lowest BCUT2D eigenvalue weighted by Gasteiger charge is -2.21. The van der Waals surface area contributed by atoms with Gasteiger partial charge in [-0.1, -0.05) is 34.1 Å². The lowest BCUT2D eigenvalue weighted by Crippen LogP contribution is -2.29. The van der Waals surface area contributed by atoms with Crippen molar-refractivity contribution in [3.8, 4) is 0 Å². The summed E-state index contributed by atoms with van der Waals surface area (Å²) in [5.74, 6) is 0.522. The SMILES string of the molecule is O=S1(=O)CCCN(CCC(O)c2ccccc2Br)CC1. The third-order valence-corrected chi connectivity index (χ3v) is 6.07. The zero-order valence-corrected chi connectivity index (χ0v) is 13.7. The molecule has 0 radical (unpaired) electrons. The fourth-order valence-electron chi connectivity index (χ4n) is 2.42. The van der Waals surface area contributed by atoms with Crippen LogP contribution in [0.1, 0.15) is 24.5 Å². The second-order valence-corrected chi connectivity index (χ2v) is 8.33. The predicted octanol–water partition coefficient (Wildman–Crippen LogP) is 1.99. The van der Waals surface area contributed by atoms with E-state index in [1.165, 1.54) is 0 Å². The van der Waals surface area contributed by atoms with Crippen molar-refractivity contribution in [1.29, 1.82) is 0 Å². The second kappa shape index (κ2) is 7.02. The van der Waals surface area contributed by atoms with Crippen molar-refractivity contribution in [3.63, 3.8) is 0 Å². The van der Waals surface area contributed by atoms with Crippen LogP contribution in [0.2, 0.25) is 0 Å². The van der Waals surface area contributed by atoms with Gasteiger partial charge in [-0.25, -0.2) is 8.42 Å². The summed E-state index contributed by atoms with van der Waals surface area (Å²) in [7, 11) is -2.86. The van der Waals surface area contributed by atoms with E-state index in [2.05, 4.69) is 20.8 Å². The maximum atomic E-state index is 11.5. The number of aliphatic hydroxyl groups is 1. The molecule has 0 aliphatic carbocycles. The third kappa shape index (κ3) is 4.55. The minimum absolute atomic E-state index is 0.234. The van der Waals surface area contributed by atoms with Crippen LogP contribution in [0.25, 0.3) is 0 Å². The molecule has 1 aromatic rings. The number of hydrogen-bond donors (Lipinski definition) is 1. The van der Waals surface area contributed by atoms with Crippen molar-refractivity contribution in [2.45, 2.75) is 18.9 Å². The number of hydrogen-bond acceptors (Lipinski definition) is 4. The molecule has 1 aromatic carbocycles. The topological polar surface area (TPSA) is 57.6 Å². The summed E-state index contributed by atoms with van der Waals surface area (Å²) in [6.07, 6.45) is 0.779. The van der Waals surface area contributed by atoms with Crippen LogP contribution >= 0.6 is 15.9 Å². The van der Waals surface area contributed by atoms with Gasteiger partial charge in [-0.15, -0.1) is 0 Å². The van der Waals surface area contributed by atoms with Gasteiger partial charge in [-0.2, -0.15) is 0 Å². The van der Waals surface area contributed by atoms with Crippen LogP contribution in [0.15, 0.2) is 28.7 Å². The minimum atomic E-state index is -2.86. The normalized spacial score (nSPS) is 21.3. The smallest absolute Gasteiger partial charge is 0.151 e. The molecule has 0 spiro atoms. The molecule has 0 bridgehead atoms. The Morgan fingerprint density at radius 1 is 1.25 bits per heavy atom. The predicted molar refractivity (Wildman–Crippen MR) is 83.4 cm³/mol. The summed E-state index contributed by atoms with van der Waals surface area (Å²) in [6, 6.07) is 7.64. The molecule has 1 atom stereocenters. The molecule has 1 aliphatic rings. The molecule has 0 saturated carbocycles. The Morgan fingerprint density at radius 2 is 2.00 bits per heavy atom. The van der Waals surface area contributed by atoms with Crippen molar-refractivity contribution in [2.75, 3.05) is 31.1 Å². The quantitative estimate of drug-likeness (QED) is 0.890. The molecular weight excluding hydrogens is 342 g/mol. The average Bonchev–Trinajstić information content (AvgIpc) is 2.57. The zero-order valence-electron chi connectivity index (χ0n) is 11.3. The molecule has 6 heteroatoms. The molecule has 1 fully saturated rings. The number of aliphatic hydroxyl groups excluding tert-OH is 1. The Kier molecular flexibility index (Phi) is 5.60. The zero-order chi connectivity index (χ0) is 14.6. The van der Waals surface area contributed by atoms with Crippen molar-refractivity contribution in [3.05, 3.63) is 34.3 Å². The van der Waals surface area contributed by atoms with E-state index >= 15 is 0 Å². The summed E-state index contributed by atoms with van der Waals surface area (Å²) in [5.41, 5.74) is 0.884. The Labute approximate surface area is 128 Å². The van der Waals surface area contributed by atoms with Crippen LogP contribution in [0.4, 0.5) is 0 Å². The molecule has 0 aromatic heterocycles. The maximum Gasteiger partial charge on any atom is 0.151 e. The first-order valence-corrected chi connectivity index (χ1v) is 9.45. The van der Waals surface area contributed by atoms with E-state index in [4.69, 9.17) is 0 Å². The molecule has 1 heterocycles.